The second-order valence-electron chi connectivity index (χ2n) is 2.71. The van der Waals surface area contributed by atoms with E-state index in [0.717, 1.165) is 0 Å². The van der Waals surface area contributed by atoms with Crippen molar-refractivity contribution in [2.45, 2.75) is 0 Å². The molecular weight excluding hydrogens is 315 g/mol. The molecule has 0 bridgehead atoms. The number of hydrogen-bond acceptors (Lipinski definition) is 9. The Morgan fingerprint density at radius 1 is 0.619 bits per heavy atom. The average molecular weight is 333 g/mol. The molecule has 0 aromatic carbocycles. The fourth-order valence-corrected chi connectivity index (χ4v) is 0.433. The third-order valence-electron chi connectivity index (χ3n) is 0.963. The Kier molecular flexibility index (Phi) is 59.9. The summed E-state index contributed by atoms with van der Waals surface area (Å²) in [4.78, 5) is 28.3. The molecule has 12 heteroatoms. The minimum atomic E-state index is -1.07. The van der Waals surface area contributed by atoms with Gasteiger partial charge >= 0.3 is 88.7 Å². The number of carbonyl (C=O) groups is 3. The molecular formula is C9H18N3Na3O6. The number of rotatable bonds is 6. The van der Waals surface area contributed by atoms with E-state index in [-0.39, 0.29) is 108 Å². The molecule has 3 N–H and O–H groups in total. The number of aliphatic carboxylic acids is 3. The summed E-state index contributed by atoms with van der Waals surface area (Å²) in [5.74, 6) is -3.22. The maximum Gasteiger partial charge on any atom is 1.00 e. The van der Waals surface area contributed by atoms with Gasteiger partial charge in [0.05, 0.1) is 17.9 Å². The maximum absolute atomic E-state index is 9.43. The van der Waals surface area contributed by atoms with Gasteiger partial charge in [0.1, 0.15) is 0 Å². The number of carbonyl (C=O) groups excluding carboxylic acids is 3. The summed E-state index contributed by atoms with van der Waals surface area (Å²) in [6.07, 6.45) is 0. The smallest absolute Gasteiger partial charge is 0.549 e. The minimum Gasteiger partial charge on any atom is -0.549 e. The molecule has 0 unspecified atom stereocenters. The predicted octanol–water partition coefficient (Wildman–Crippen LogP) is -15.1. The van der Waals surface area contributed by atoms with Gasteiger partial charge in [-0.1, -0.05) is 0 Å². The molecule has 0 saturated carbocycles. The molecule has 0 radical (unpaired) electrons. The Morgan fingerprint density at radius 3 is 0.762 bits per heavy atom. The minimum absolute atomic E-state index is 0. The van der Waals surface area contributed by atoms with Gasteiger partial charge in [0.15, 0.2) is 0 Å². The van der Waals surface area contributed by atoms with Gasteiger partial charge in [-0.3, -0.25) is 0 Å². The van der Waals surface area contributed by atoms with Crippen molar-refractivity contribution in [3.05, 3.63) is 0 Å². The molecule has 0 aromatic heterocycles. The average Bonchev–Trinajstić information content (AvgIpc) is 2.18. The summed E-state index contributed by atoms with van der Waals surface area (Å²) < 4.78 is 0. The van der Waals surface area contributed by atoms with Gasteiger partial charge in [-0.05, 0) is 21.1 Å². The Labute approximate surface area is 190 Å². The van der Waals surface area contributed by atoms with Crippen LogP contribution in [0.5, 0.6) is 0 Å². The fourth-order valence-electron chi connectivity index (χ4n) is 0.433. The van der Waals surface area contributed by atoms with Crippen LogP contribution < -0.4 is 120 Å². The van der Waals surface area contributed by atoms with Gasteiger partial charge in [0, 0.05) is 19.6 Å². The van der Waals surface area contributed by atoms with Gasteiger partial charge in [0.25, 0.3) is 0 Å². The van der Waals surface area contributed by atoms with E-state index in [9.17, 15) is 29.7 Å². The van der Waals surface area contributed by atoms with Crippen molar-refractivity contribution < 1.29 is 118 Å². The van der Waals surface area contributed by atoms with Crippen LogP contribution in [0.2, 0.25) is 0 Å². The van der Waals surface area contributed by atoms with Gasteiger partial charge in [-0.15, -0.1) is 0 Å². The zero-order valence-electron chi connectivity index (χ0n) is 13.6. The second kappa shape index (κ2) is 33.0. The normalized spacial score (nSPS) is 7.00. The molecule has 0 aliphatic carbocycles. The van der Waals surface area contributed by atoms with Crippen LogP contribution in [0.15, 0.2) is 0 Å². The van der Waals surface area contributed by atoms with E-state index in [1.807, 2.05) is 0 Å². The van der Waals surface area contributed by atoms with E-state index in [0.29, 0.717) is 0 Å². The van der Waals surface area contributed by atoms with Gasteiger partial charge < -0.3 is 45.7 Å². The summed E-state index contributed by atoms with van der Waals surface area (Å²) in [7, 11) is 4.65. The van der Waals surface area contributed by atoms with Crippen LogP contribution in [0, 0.1) is 0 Å². The van der Waals surface area contributed by atoms with E-state index in [2.05, 4.69) is 16.0 Å². The predicted molar refractivity (Wildman–Crippen MR) is 56.8 cm³/mol. The maximum atomic E-state index is 9.43. The first-order valence-corrected chi connectivity index (χ1v) is 4.85. The largest absolute Gasteiger partial charge is 1.00 e. The van der Waals surface area contributed by atoms with Crippen LogP contribution in [0.4, 0.5) is 0 Å². The zero-order valence-corrected chi connectivity index (χ0v) is 19.6. The van der Waals surface area contributed by atoms with Crippen molar-refractivity contribution in [3.8, 4) is 0 Å². The Hall–Kier alpha value is 1.29. The Morgan fingerprint density at radius 2 is 0.762 bits per heavy atom. The molecule has 108 valence electrons. The van der Waals surface area contributed by atoms with Crippen LogP contribution in [0.25, 0.3) is 0 Å². The van der Waals surface area contributed by atoms with Gasteiger partial charge in [0.2, 0.25) is 0 Å². The zero-order chi connectivity index (χ0) is 15.0. The number of hydrogen-bond donors (Lipinski definition) is 3. The van der Waals surface area contributed by atoms with Crippen LogP contribution in [-0.4, -0.2) is 58.7 Å². The number of likely N-dealkylation sites (N-methyl/N-ethyl adjacent to an activating group) is 3. The van der Waals surface area contributed by atoms with E-state index in [1.165, 1.54) is 0 Å². The third kappa shape index (κ3) is 74.8. The molecule has 21 heavy (non-hydrogen) atoms. The van der Waals surface area contributed by atoms with Gasteiger partial charge in [-0.2, -0.15) is 0 Å². The number of carboxylic acid groups (broad SMARTS) is 3. The molecule has 9 nitrogen and oxygen atoms in total. The van der Waals surface area contributed by atoms with Crippen LogP contribution >= 0.6 is 0 Å². The van der Waals surface area contributed by atoms with E-state index in [1.54, 1.807) is 21.1 Å². The molecule has 0 heterocycles. The first kappa shape index (κ1) is 38.1. The van der Waals surface area contributed by atoms with Crippen LogP contribution in [0.3, 0.4) is 0 Å². The van der Waals surface area contributed by atoms with E-state index in [4.69, 9.17) is 0 Å². The summed E-state index contributed by atoms with van der Waals surface area (Å²) in [5, 5.41) is 35.5. The second-order valence-corrected chi connectivity index (χ2v) is 2.71. The van der Waals surface area contributed by atoms with Gasteiger partial charge in [-0.25, -0.2) is 0 Å². The van der Waals surface area contributed by atoms with Crippen molar-refractivity contribution in [2.75, 3.05) is 40.8 Å². The first-order valence-electron chi connectivity index (χ1n) is 4.85. The van der Waals surface area contributed by atoms with Crippen molar-refractivity contribution in [3.63, 3.8) is 0 Å². The summed E-state index contributed by atoms with van der Waals surface area (Å²) in [6.45, 7) is -0.208. The molecule has 0 rings (SSSR count). The summed E-state index contributed by atoms with van der Waals surface area (Å²) >= 11 is 0. The number of nitrogens with one attached hydrogen (secondary N) is 3. The quantitative estimate of drug-likeness (QED) is 0.401. The van der Waals surface area contributed by atoms with Crippen molar-refractivity contribution in [1.82, 2.24) is 16.0 Å². The van der Waals surface area contributed by atoms with Crippen LogP contribution in [0.1, 0.15) is 0 Å². The monoisotopic (exact) mass is 333 g/mol. The molecule has 0 saturated heterocycles. The molecule has 0 amide bonds. The number of carboxylic acids is 3. The first-order chi connectivity index (χ1) is 8.31. The van der Waals surface area contributed by atoms with E-state index >= 15 is 0 Å². The Balaban J connectivity index is -0.0000000375. The third-order valence-corrected chi connectivity index (χ3v) is 0.963. The molecule has 0 aromatic rings. The summed E-state index contributed by atoms with van der Waals surface area (Å²) in [5.41, 5.74) is 0. The SMILES string of the molecule is CNCC(=O)[O-].CNCC(=O)[O-].CNCC(=O)[O-].[Na+].[Na+].[Na+]. The molecule has 0 spiro atoms. The van der Waals surface area contributed by atoms with E-state index < -0.39 is 17.9 Å². The topological polar surface area (TPSA) is 156 Å². The van der Waals surface area contributed by atoms with Crippen molar-refractivity contribution >= 4 is 17.9 Å². The molecule has 0 aliphatic heterocycles. The van der Waals surface area contributed by atoms with Crippen molar-refractivity contribution in [1.29, 1.82) is 0 Å². The van der Waals surface area contributed by atoms with Crippen LogP contribution in [-0.2, 0) is 14.4 Å². The molecule has 0 aliphatic rings. The molecule has 0 atom stereocenters. The van der Waals surface area contributed by atoms with Crippen molar-refractivity contribution in [2.24, 2.45) is 0 Å². The fraction of sp³-hybridized carbons (Fsp3) is 0.667. The standard InChI is InChI=1S/3C3H7NO2.3Na/c3*1-4-2-3(5)6;;;/h3*4H,2H2,1H3,(H,5,6);;;/q;;;3*+1/p-3. The summed E-state index contributed by atoms with van der Waals surface area (Å²) in [6, 6.07) is 0. The Bertz CT molecular complexity index is 209. The molecule has 0 fully saturated rings.